The van der Waals surface area contributed by atoms with E-state index in [0.717, 1.165) is 5.56 Å². The number of rotatable bonds is 6. The Balaban J connectivity index is 1.60. The number of thiazole rings is 1. The zero-order chi connectivity index (χ0) is 20.8. The molecule has 0 spiro atoms. The van der Waals surface area contributed by atoms with Gasteiger partial charge in [-0.2, -0.15) is 0 Å². The first-order valence-electron chi connectivity index (χ1n) is 8.66. The van der Waals surface area contributed by atoms with E-state index in [9.17, 15) is 14.4 Å². The van der Waals surface area contributed by atoms with Crippen LogP contribution < -0.4 is 10.1 Å². The van der Waals surface area contributed by atoms with Crippen molar-refractivity contribution in [2.45, 2.75) is 6.92 Å². The molecular formula is C21H18N2O5S. The number of para-hydroxylation sites is 1. The molecule has 1 aromatic heterocycles. The number of nitrogens with zero attached hydrogens (tertiary/aromatic N) is 1. The number of hydrogen-bond acceptors (Lipinski definition) is 7. The highest BCUT2D eigenvalue weighted by molar-refractivity contribution is 7.17. The molecule has 0 radical (unpaired) electrons. The number of amides is 2. The Labute approximate surface area is 171 Å². The molecule has 3 rings (SSSR count). The van der Waals surface area contributed by atoms with Crippen LogP contribution in [0.3, 0.4) is 0 Å². The normalized spacial score (nSPS) is 10.3. The van der Waals surface area contributed by atoms with Crippen LogP contribution in [0.4, 0.5) is 0 Å². The summed E-state index contributed by atoms with van der Waals surface area (Å²) in [5.41, 5.74) is 1.62. The molecule has 0 atom stereocenters. The Morgan fingerprint density at radius 2 is 1.72 bits per heavy atom. The van der Waals surface area contributed by atoms with Crippen molar-refractivity contribution in [2.24, 2.45) is 0 Å². The summed E-state index contributed by atoms with van der Waals surface area (Å²) in [6.07, 6.45) is 0. The minimum Gasteiger partial charge on any atom is -0.496 e. The molecule has 1 N–H and O–H groups in total. The van der Waals surface area contributed by atoms with Crippen molar-refractivity contribution in [2.75, 3.05) is 13.7 Å². The second-order valence-electron chi connectivity index (χ2n) is 5.95. The van der Waals surface area contributed by atoms with Gasteiger partial charge in [0, 0.05) is 5.56 Å². The van der Waals surface area contributed by atoms with Gasteiger partial charge in [-0.15, -0.1) is 11.3 Å². The lowest BCUT2D eigenvalue weighted by atomic mass is 10.2. The number of nitrogens with one attached hydrogen (secondary N) is 1. The Morgan fingerprint density at radius 1 is 1.03 bits per heavy atom. The number of esters is 1. The predicted molar refractivity (Wildman–Crippen MR) is 108 cm³/mol. The highest BCUT2D eigenvalue weighted by atomic mass is 32.1. The fourth-order valence-corrected chi connectivity index (χ4v) is 3.51. The van der Waals surface area contributed by atoms with Gasteiger partial charge in [0.25, 0.3) is 11.8 Å². The quantitative estimate of drug-likeness (QED) is 0.627. The minimum absolute atomic E-state index is 0.209. The first-order valence-corrected chi connectivity index (χ1v) is 9.48. The van der Waals surface area contributed by atoms with E-state index in [1.54, 1.807) is 25.1 Å². The molecule has 2 amide bonds. The highest BCUT2D eigenvalue weighted by Gasteiger charge is 2.20. The Hall–Kier alpha value is -3.52. The number of imide groups is 1. The van der Waals surface area contributed by atoms with E-state index in [4.69, 9.17) is 9.47 Å². The van der Waals surface area contributed by atoms with Crippen molar-refractivity contribution >= 4 is 29.1 Å². The van der Waals surface area contributed by atoms with Gasteiger partial charge in [0.05, 0.1) is 18.4 Å². The van der Waals surface area contributed by atoms with Crippen LogP contribution in [0.5, 0.6) is 5.75 Å². The molecule has 29 heavy (non-hydrogen) atoms. The molecule has 0 aliphatic heterocycles. The summed E-state index contributed by atoms with van der Waals surface area (Å²) >= 11 is 1.19. The summed E-state index contributed by atoms with van der Waals surface area (Å²) in [5.74, 6) is -1.70. The van der Waals surface area contributed by atoms with Crippen molar-refractivity contribution < 1.29 is 23.9 Å². The second kappa shape index (κ2) is 9.11. The maximum Gasteiger partial charge on any atom is 0.350 e. The third kappa shape index (κ3) is 4.85. The number of aryl methyl sites for hydroxylation is 1. The monoisotopic (exact) mass is 410 g/mol. The Kier molecular flexibility index (Phi) is 6.36. The van der Waals surface area contributed by atoms with Gasteiger partial charge in [-0.05, 0) is 19.1 Å². The number of benzene rings is 2. The molecule has 0 fully saturated rings. The predicted octanol–water partition coefficient (Wildman–Crippen LogP) is 3.24. The van der Waals surface area contributed by atoms with E-state index < -0.39 is 24.4 Å². The van der Waals surface area contributed by atoms with Gasteiger partial charge in [0.2, 0.25) is 0 Å². The topological polar surface area (TPSA) is 94.6 Å². The summed E-state index contributed by atoms with van der Waals surface area (Å²) < 4.78 is 10.1. The van der Waals surface area contributed by atoms with Crippen LogP contribution >= 0.6 is 11.3 Å². The Morgan fingerprint density at radius 3 is 2.45 bits per heavy atom. The molecule has 3 aromatic rings. The Bertz CT molecular complexity index is 1050. The lowest BCUT2D eigenvalue weighted by Crippen LogP contribution is -2.34. The van der Waals surface area contributed by atoms with Gasteiger partial charge in [0.1, 0.15) is 15.6 Å². The number of methoxy groups -OCH3 is 1. The standard InChI is InChI=1S/C21H18N2O5S/c1-13-18(29-20(22-13)14-8-4-3-5-9-14)21(26)28-12-17(24)23-19(25)15-10-6-7-11-16(15)27-2/h3-11H,12H2,1-2H3,(H,23,24,25). The number of hydrogen-bond donors (Lipinski definition) is 1. The van der Waals surface area contributed by atoms with Crippen molar-refractivity contribution in [3.05, 3.63) is 70.7 Å². The van der Waals surface area contributed by atoms with Gasteiger partial charge in [0.15, 0.2) is 6.61 Å². The van der Waals surface area contributed by atoms with Crippen LogP contribution in [0, 0.1) is 6.92 Å². The molecule has 7 nitrogen and oxygen atoms in total. The van der Waals surface area contributed by atoms with E-state index in [-0.39, 0.29) is 5.56 Å². The van der Waals surface area contributed by atoms with Gasteiger partial charge >= 0.3 is 5.97 Å². The summed E-state index contributed by atoms with van der Waals surface area (Å²) in [7, 11) is 1.43. The molecule has 8 heteroatoms. The highest BCUT2D eigenvalue weighted by Crippen LogP contribution is 2.28. The molecular weight excluding hydrogens is 392 g/mol. The van der Waals surface area contributed by atoms with Crippen molar-refractivity contribution in [3.8, 4) is 16.3 Å². The van der Waals surface area contributed by atoms with Crippen LogP contribution in [0.15, 0.2) is 54.6 Å². The van der Waals surface area contributed by atoms with Crippen molar-refractivity contribution in [3.63, 3.8) is 0 Å². The van der Waals surface area contributed by atoms with Crippen LogP contribution in [0.1, 0.15) is 25.7 Å². The lowest BCUT2D eigenvalue weighted by molar-refractivity contribution is -0.123. The van der Waals surface area contributed by atoms with E-state index in [1.807, 2.05) is 30.3 Å². The third-order valence-corrected chi connectivity index (χ3v) is 5.13. The van der Waals surface area contributed by atoms with Crippen LogP contribution in [0.2, 0.25) is 0 Å². The SMILES string of the molecule is COc1ccccc1C(=O)NC(=O)COC(=O)c1sc(-c2ccccc2)nc1C. The summed E-state index contributed by atoms with van der Waals surface area (Å²) in [6, 6.07) is 15.9. The van der Waals surface area contributed by atoms with Gasteiger partial charge in [-0.3, -0.25) is 14.9 Å². The van der Waals surface area contributed by atoms with Gasteiger partial charge in [-0.25, -0.2) is 9.78 Å². The average molecular weight is 410 g/mol. The molecule has 1 heterocycles. The fraction of sp³-hybridized carbons (Fsp3) is 0.143. The van der Waals surface area contributed by atoms with Crippen LogP contribution in [-0.4, -0.2) is 36.5 Å². The molecule has 0 unspecified atom stereocenters. The average Bonchev–Trinajstić information content (AvgIpc) is 3.14. The summed E-state index contributed by atoms with van der Waals surface area (Å²) in [4.78, 5) is 41.2. The minimum atomic E-state index is -0.736. The van der Waals surface area contributed by atoms with E-state index in [2.05, 4.69) is 10.3 Å². The first kappa shape index (κ1) is 20.2. The van der Waals surface area contributed by atoms with Crippen molar-refractivity contribution in [1.29, 1.82) is 0 Å². The van der Waals surface area contributed by atoms with Gasteiger partial charge < -0.3 is 9.47 Å². The van der Waals surface area contributed by atoms with Crippen LogP contribution in [-0.2, 0) is 9.53 Å². The van der Waals surface area contributed by atoms with E-state index in [0.29, 0.717) is 21.3 Å². The zero-order valence-electron chi connectivity index (χ0n) is 15.8. The zero-order valence-corrected chi connectivity index (χ0v) is 16.6. The van der Waals surface area contributed by atoms with Crippen LogP contribution in [0.25, 0.3) is 10.6 Å². The number of carbonyl (C=O) groups excluding carboxylic acids is 3. The smallest absolute Gasteiger partial charge is 0.350 e. The summed E-state index contributed by atoms with van der Waals surface area (Å²) in [5, 5.41) is 2.86. The largest absolute Gasteiger partial charge is 0.496 e. The molecule has 2 aromatic carbocycles. The molecule has 0 saturated heterocycles. The maximum absolute atomic E-state index is 12.3. The third-order valence-electron chi connectivity index (χ3n) is 3.94. The lowest BCUT2D eigenvalue weighted by Gasteiger charge is -2.08. The fourth-order valence-electron chi connectivity index (χ4n) is 2.55. The molecule has 0 saturated carbocycles. The second-order valence-corrected chi connectivity index (χ2v) is 6.95. The van der Waals surface area contributed by atoms with E-state index >= 15 is 0 Å². The number of ether oxygens (including phenoxy) is 2. The van der Waals surface area contributed by atoms with Crippen molar-refractivity contribution in [1.82, 2.24) is 10.3 Å². The first-order chi connectivity index (χ1) is 14.0. The number of aromatic nitrogens is 1. The summed E-state index contributed by atoms with van der Waals surface area (Å²) in [6.45, 7) is 1.11. The molecule has 0 aliphatic rings. The van der Waals surface area contributed by atoms with Gasteiger partial charge in [-0.1, -0.05) is 42.5 Å². The number of carbonyl (C=O) groups is 3. The molecule has 0 bridgehead atoms. The van der Waals surface area contributed by atoms with E-state index in [1.165, 1.54) is 24.5 Å². The molecule has 148 valence electrons. The molecule has 0 aliphatic carbocycles. The maximum atomic E-state index is 12.3.